The van der Waals surface area contributed by atoms with E-state index >= 15 is 0 Å². The predicted molar refractivity (Wildman–Crippen MR) is 65.7 cm³/mol. The fourth-order valence-electron chi connectivity index (χ4n) is 1.68. The van der Waals surface area contributed by atoms with Crippen LogP contribution >= 0.6 is 11.3 Å². The number of pyridine rings is 1. The second-order valence-corrected chi connectivity index (χ2v) is 4.33. The van der Waals surface area contributed by atoms with Crippen molar-refractivity contribution >= 4 is 22.1 Å². The lowest BCUT2D eigenvalue weighted by Crippen LogP contribution is -2.06. The topological polar surface area (TPSA) is 45.8 Å². The van der Waals surface area contributed by atoms with E-state index in [1.165, 1.54) is 11.3 Å². The summed E-state index contributed by atoms with van der Waals surface area (Å²) in [6.07, 6.45) is 1.73. The fraction of sp³-hybridized carbons (Fsp3) is 0. The summed E-state index contributed by atoms with van der Waals surface area (Å²) in [7, 11) is 0. The van der Waals surface area contributed by atoms with Gasteiger partial charge < -0.3 is 4.98 Å². The molecule has 4 heteroatoms. The zero-order valence-electron chi connectivity index (χ0n) is 8.31. The molecule has 0 saturated heterocycles. The van der Waals surface area contributed by atoms with Gasteiger partial charge in [-0.3, -0.25) is 4.79 Å². The second kappa shape index (κ2) is 3.57. The summed E-state index contributed by atoms with van der Waals surface area (Å²) in [4.78, 5) is 18.8. The normalized spacial score (nSPS) is 10.8. The van der Waals surface area contributed by atoms with Gasteiger partial charge in [-0.2, -0.15) is 0 Å². The van der Waals surface area contributed by atoms with Crippen LogP contribution in [-0.4, -0.2) is 9.97 Å². The first-order valence-electron chi connectivity index (χ1n) is 4.86. The summed E-state index contributed by atoms with van der Waals surface area (Å²) in [6.45, 7) is 0. The van der Waals surface area contributed by atoms with Crippen molar-refractivity contribution in [1.82, 2.24) is 9.97 Å². The highest BCUT2D eigenvalue weighted by Crippen LogP contribution is 2.21. The minimum atomic E-state index is -0.0664. The van der Waals surface area contributed by atoms with Crippen LogP contribution in [0.3, 0.4) is 0 Å². The van der Waals surface area contributed by atoms with Gasteiger partial charge in [0.1, 0.15) is 5.01 Å². The minimum absolute atomic E-state index is 0.0664. The molecule has 0 radical (unpaired) electrons. The average molecular weight is 228 g/mol. The van der Waals surface area contributed by atoms with Gasteiger partial charge in [-0.15, -0.1) is 11.3 Å². The highest BCUT2D eigenvalue weighted by atomic mass is 32.1. The number of hydrogen-bond donors (Lipinski definition) is 1. The number of rotatable bonds is 1. The maximum atomic E-state index is 11.8. The molecule has 0 bridgehead atoms. The first-order valence-corrected chi connectivity index (χ1v) is 5.74. The van der Waals surface area contributed by atoms with Crippen LogP contribution in [0.1, 0.15) is 0 Å². The van der Waals surface area contributed by atoms with Crippen LogP contribution < -0.4 is 5.56 Å². The van der Waals surface area contributed by atoms with Gasteiger partial charge in [0.05, 0.1) is 5.69 Å². The molecule has 2 heterocycles. The van der Waals surface area contributed by atoms with Gasteiger partial charge in [0.2, 0.25) is 0 Å². The molecule has 1 aromatic carbocycles. The van der Waals surface area contributed by atoms with E-state index in [0.29, 0.717) is 5.39 Å². The third-order valence-electron chi connectivity index (χ3n) is 2.42. The maximum absolute atomic E-state index is 11.8. The van der Waals surface area contributed by atoms with Gasteiger partial charge in [-0.25, -0.2) is 4.98 Å². The van der Waals surface area contributed by atoms with Crippen LogP contribution in [0.15, 0.2) is 46.7 Å². The SMILES string of the molecule is O=c1[nH]c(-c2nccs2)cc2ccccc12. The largest absolute Gasteiger partial charge is 0.319 e. The Hall–Kier alpha value is -1.94. The lowest BCUT2D eigenvalue weighted by atomic mass is 10.1. The number of aromatic nitrogens is 2. The zero-order chi connectivity index (χ0) is 11.0. The average Bonchev–Trinajstić information content (AvgIpc) is 2.82. The van der Waals surface area contributed by atoms with E-state index in [4.69, 9.17) is 0 Å². The van der Waals surface area contributed by atoms with Crippen LogP contribution in [0.4, 0.5) is 0 Å². The van der Waals surface area contributed by atoms with Crippen molar-refractivity contribution in [2.45, 2.75) is 0 Å². The van der Waals surface area contributed by atoms with E-state index in [-0.39, 0.29) is 5.56 Å². The van der Waals surface area contributed by atoms with E-state index < -0.39 is 0 Å². The van der Waals surface area contributed by atoms with Gasteiger partial charge in [-0.05, 0) is 17.5 Å². The maximum Gasteiger partial charge on any atom is 0.256 e. The van der Waals surface area contributed by atoms with Crippen molar-refractivity contribution < 1.29 is 0 Å². The summed E-state index contributed by atoms with van der Waals surface area (Å²) in [5, 5.41) is 4.38. The number of benzene rings is 1. The number of nitrogens with one attached hydrogen (secondary N) is 1. The highest BCUT2D eigenvalue weighted by Gasteiger charge is 2.04. The van der Waals surface area contributed by atoms with Crippen LogP contribution in [0.25, 0.3) is 21.5 Å². The second-order valence-electron chi connectivity index (χ2n) is 3.44. The van der Waals surface area contributed by atoms with E-state index in [1.807, 2.05) is 35.7 Å². The van der Waals surface area contributed by atoms with Crippen molar-refractivity contribution in [2.75, 3.05) is 0 Å². The Bertz CT molecular complexity index is 686. The number of nitrogens with zero attached hydrogens (tertiary/aromatic N) is 1. The molecule has 2 aromatic heterocycles. The molecule has 0 aliphatic rings. The lowest BCUT2D eigenvalue weighted by molar-refractivity contribution is 1.26. The van der Waals surface area contributed by atoms with Gasteiger partial charge >= 0.3 is 0 Å². The van der Waals surface area contributed by atoms with Gasteiger partial charge in [-0.1, -0.05) is 18.2 Å². The molecule has 1 N–H and O–H groups in total. The molecule has 0 unspecified atom stereocenters. The highest BCUT2D eigenvalue weighted by molar-refractivity contribution is 7.13. The molecule has 78 valence electrons. The number of aromatic amines is 1. The quantitative estimate of drug-likeness (QED) is 0.696. The third-order valence-corrected chi connectivity index (χ3v) is 3.22. The molecule has 0 atom stereocenters. The standard InChI is InChI=1S/C12H8N2OS/c15-11-9-4-2-1-3-8(9)7-10(14-11)12-13-5-6-16-12/h1-7H,(H,14,15). The van der Waals surface area contributed by atoms with E-state index in [9.17, 15) is 4.79 Å². The molecule has 0 spiro atoms. The van der Waals surface area contributed by atoms with Crippen molar-refractivity contribution in [2.24, 2.45) is 0 Å². The Morgan fingerprint density at radius 2 is 2.12 bits per heavy atom. The molecular weight excluding hydrogens is 220 g/mol. The van der Waals surface area contributed by atoms with Crippen LogP contribution in [0.5, 0.6) is 0 Å². The summed E-state index contributed by atoms with van der Waals surface area (Å²) in [6, 6.07) is 9.49. The van der Waals surface area contributed by atoms with E-state index in [0.717, 1.165) is 16.1 Å². The molecular formula is C12H8N2OS. The summed E-state index contributed by atoms with van der Waals surface area (Å²) in [5.41, 5.74) is 0.710. The molecule has 0 aliphatic carbocycles. The number of thiazole rings is 1. The Balaban J connectivity index is 2.34. The monoisotopic (exact) mass is 228 g/mol. The third kappa shape index (κ3) is 1.44. The Morgan fingerprint density at radius 3 is 2.94 bits per heavy atom. The molecule has 3 nitrogen and oxygen atoms in total. The molecule has 16 heavy (non-hydrogen) atoms. The van der Waals surface area contributed by atoms with Gasteiger partial charge in [0.25, 0.3) is 5.56 Å². The fourth-order valence-corrected chi connectivity index (χ4v) is 2.29. The van der Waals surface area contributed by atoms with Crippen LogP contribution in [-0.2, 0) is 0 Å². The van der Waals surface area contributed by atoms with E-state index in [1.54, 1.807) is 6.20 Å². The molecule has 0 saturated carbocycles. The summed E-state index contributed by atoms with van der Waals surface area (Å²) >= 11 is 1.51. The van der Waals surface area contributed by atoms with Crippen LogP contribution in [0, 0.1) is 0 Å². The number of hydrogen-bond acceptors (Lipinski definition) is 3. The van der Waals surface area contributed by atoms with Crippen molar-refractivity contribution in [3.63, 3.8) is 0 Å². The zero-order valence-corrected chi connectivity index (χ0v) is 9.12. The Labute approximate surface area is 95.4 Å². The summed E-state index contributed by atoms with van der Waals surface area (Å²) < 4.78 is 0. The number of fused-ring (bicyclic) bond motifs is 1. The van der Waals surface area contributed by atoms with Crippen molar-refractivity contribution in [3.05, 3.63) is 52.3 Å². The smallest absolute Gasteiger partial charge is 0.256 e. The van der Waals surface area contributed by atoms with Crippen molar-refractivity contribution in [1.29, 1.82) is 0 Å². The molecule has 0 aliphatic heterocycles. The molecule has 3 aromatic rings. The van der Waals surface area contributed by atoms with E-state index in [2.05, 4.69) is 9.97 Å². The Kier molecular flexibility index (Phi) is 2.08. The molecule has 3 rings (SSSR count). The minimum Gasteiger partial charge on any atom is -0.319 e. The molecule has 0 amide bonds. The van der Waals surface area contributed by atoms with Crippen molar-refractivity contribution in [3.8, 4) is 10.7 Å². The summed E-state index contributed by atoms with van der Waals surface area (Å²) in [5.74, 6) is 0. The first kappa shape index (κ1) is 9.30. The Morgan fingerprint density at radius 1 is 1.25 bits per heavy atom. The molecule has 0 fully saturated rings. The lowest BCUT2D eigenvalue weighted by Gasteiger charge is -2.00. The van der Waals surface area contributed by atoms with Gasteiger partial charge in [0, 0.05) is 17.0 Å². The van der Waals surface area contributed by atoms with Crippen LogP contribution in [0.2, 0.25) is 0 Å². The predicted octanol–water partition coefficient (Wildman–Crippen LogP) is 2.65. The number of H-pyrrole nitrogens is 1. The first-order chi connectivity index (χ1) is 7.84. The van der Waals surface area contributed by atoms with Gasteiger partial charge in [0.15, 0.2) is 0 Å².